The molecule has 0 atom stereocenters. The fourth-order valence-electron chi connectivity index (χ4n) is 2.23. The molecule has 0 aliphatic carbocycles. The van der Waals surface area contributed by atoms with E-state index in [4.69, 9.17) is 0 Å². The molecule has 1 amide bonds. The summed E-state index contributed by atoms with van der Waals surface area (Å²) < 4.78 is 1.76. The lowest BCUT2D eigenvalue weighted by molar-refractivity contribution is 0.102. The van der Waals surface area contributed by atoms with Gasteiger partial charge in [-0.3, -0.25) is 4.79 Å². The number of hydrogen-bond donors (Lipinski definition) is 2. The summed E-state index contributed by atoms with van der Waals surface area (Å²) in [7, 11) is 0. The van der Waals surface area contributed by atoms with Crippen LogP contribution in [0.3, 0.4) is 0 Å². The Morgan fingerprint density at radius 1 is 1.30 bits per heavy atom. The molecule has 3 rings (SSSR count). The number of fused-ring (bicyclic) bond motifs is 1. The van der Waals surface area contributed by atoms with Gasteiger partial charge in [-0.1, -0.05) is 6.07 Å². The van der Waals surface area contributed by atoms with Gasteiger partial charge in [0.2, 0.25) is 0 Å². The van der Waals surface area contributed by atoms with Crippen LogP contribution in [0.4, 0.5) is 11.4 Å². The Labute approximate surface area is 138 Å². The van der Waals surface area contributed by atoms with E-state index < -0.39 is 0 Å². The highest BCUT2D eigenvalue weighted by Crippen LogP contribution is 2.32. The number of thiophene rings is 1. The van der Waals surface area contributed by atoms with Gasteiger partial charge < -0.3 is 10.6 Å². The van der Waals surface area contributed by atoms with Crippen LogP contribution >= 0.6 is 43.2 Å². The van der Waals surface area contributed by atoms with Crippen LogP contribution in [0.15, 0.2) is 31.8 Å². The van der Waals surface area contributed by atoms with Gasteiger partial charge in [0.1, 0.15) is 0 Å². The van der Waals surface area contributed by atoms with Crippen molar-refractivity contribution in [1.29, 1.82) is 0 Å². The smallest absolute Gasteiger partial charge is 0.257 e. The average Bonchev–Trinajstić information content (AvgIpc) is 2.78. The molecule has 0 unspecified atom stereocenters. The van der Waals surface area contributed by atoms with Crippen molar-refractivity contribution in [2.24, 2.45) is 0 Å². The number of anilines is 2. The van der Waals surface area contributed by atoms with Crippen LogP contribution in [-0.2, 0) is 6.42 Å². The molecule has 1 aromatic heterocycles. The van der Waals surface area contributed by atoms with Gasteiger partial charge in [0.05, 0.1) is 13.1 Å². The molecule has 2 heterocycles. The van der Waals surface area contributed by atoms with Crippen LogP contribution in [0.5, 0.6) is 0 Å². The number of amides is 1. The SMILES string of the molecule is O=C(Nc1ccc2c(c1)NCCC2)c1cc(Br)sc1Br. The molecule has 1 aliphatic heterocycles. The van der Waals surface area contributed by atoms with Crippen molar-refractivity contribution in [3.8, 4) is 0 Å². The lowest BCUT2D eigenvalue weighted by atomic mass is 10.0. The molecule has 6 heteroatoms. The van der Waals surface area contributed by atoms with Gasteiger partial charge in [-0.25, -0.2) is 0 Å². The van der Waals surface area contributed by atoms with E-state index >= 15 is 0 Å². The van der Waals surface area contributed by atoms with Crippen LogP contribution < -0.4 is 10.6 Å². The van der Waals surface area contributed by atoms with Gasteiger partial charge in [0.15, 0.2) is 0 Å². The average molecular weight is 416 g/mol. The van der Waals surface area contributed by atoms with Crippen LogP contribution in [0, 0.1) is 0 Å². The molecule has 0 saturated heterocycles. The summed E-state index contributed by atoms with van der Waals surface area (Å²) in [4.78, 5) is 12.2. The van der Waals surface area contributed by atoms with Crippen molar-refractivity contribution >= 4 is 60.5 Å². The van der Waals surface area contributed by atoms with E-state index in [1.54, 1.807) is 0 Å². The molecular formula is C14H12Br2N2OS. The standard InChI is InChI=1S/C14H12Br2N2OS/c15-12-7-10(13(16)20-12)14(19)18-9-4-3-8-2-1-5-17-11(8)6-9/h3-4,6-7,17H,1-2,5H2,(H,18,19). The predicted octanol–water partition coefficient (Wildman–Crippen LogP) is 4.88. The molecule has 2 N–H and O–H groups in total. The summed E-state index contributed by atoms with van der Waals surface area (Å²) in [5.41, 5.74) is 3.90. The van der Waals surface area contributed by atoms with Gasteiger partial charge >= 0.3 is 0 Å². The Kier molecular flexibility index (Phi) is 4.14. The first-order chi connectivity index (χ1) is 9.63. The third-order valence-electron chi connectivity index (χ3n) is 3.21. The van der Waals surface area contributed by atoms with Gasteiger partial charge in [0.25, 0.3) is 5.91 Å². The van der Waals surface area contributed by atoms with Crippen LogP contribution in [-0.4, -0.2) is 12.5 Å². The highest BCUT2D eigenvalue weighted by Gasteiger charge is 2.15. The maximum Gasteiger partial charge on any atom is 0.257 e. The maximum absolute atomic E-state index is 12.2. The summed E-state index contributed by atoms with van der Waals surface area (Å²) in [6.45, 7) is 0.993. The third-order valence-corrected chi connectivity index (χ3v) is 5.55. The number of benzene rings is 1. The molecular weight excluding hydrogens is 404 g/mol. The fraction of sp³-hybridized carbons (Fsp3) is 0.214. The minimum atomic E-state index is -0.102. The number of carbonyl (C=O) groups excluding carboxylic acids is 1. The zero-order valence-electron chi connectivity index (χ0n) is 10.5. The second kappa shape index (κ2) is 5.87. The molecule has 0 bridgehead atoms. The lowest BCUT2D eigenvalue weighted by Gasteiger charge is -2.18. The quantitative estimate of drug-likeness (QED) is 0.733. The zero-order chi connectivity index (χ0) is 14.1. The summed E-state index contributed by atoms with van der Waals surface area (Å²) in [6.07, 6.45) is 2.26. The Balaban J connectivity index is 1.81. The highest BCUT2D eigenvalue weighted by atomic mass is 79.9. The van der Waals surface area contributed by atoms with Crippen molar-refractivity contribution < 1.29 is 4.79 Å². The van der Waals surface area contributed by atoms with Crippen molar-refractivity contribution in [2.75, 3.05) is 17.2 Å². The van der Waals surface area contributed by atoms with Gasteiger partial charge in [-0.05, 0) is 68.5 Å². The van der Waals surface area contributed by atoms with E-state index in [0.29, 0.717) is 5.56 Å². The summed E-state index contributed by atoms with van der Waals surface area (Å²) in [5.74, 6) is -0.102. The molecule has 0 saturated carbocycles. The second-order valence-corrected chi connectivity index (χ2v) is 8.34. The first-order valence-electron chi connectivity index (χ1n) is 6.26. The minimum Gasteiger partial charge on any atom is -0.385 e. The van der Waals surface area contributed by atoms with Gasteiger partial charge in [0, 0.05) is 17.9 Å². The topological polar surface area (TPSA) is 41.1 Å². The van der Waals surface area contributed by atoms with E-state index in [-0.39, 0.29) is 5.91 Å². The predicted molar refractivity (Wildman–Crippen MR) is 90.9 cm³/mol. The monoisotopic (exact) mass is 414 g/mol. The molecule has 1 aromatic carbocycles. The van der Waals surface area contributed by atoms with Crippen molar-refractivity contribution in [2.45, 2.75) is 12.8 Å². The Morgan fingerprint density at radius 3 is 2.90 bits per heavy atom. The highest BCUT2D eigenvalue weighted by molar-refractivity contribution is 9.12. The van der Waals surface area contributed by atoms with Gasteiger partial charge in [-0.15, -0.1) is 11.3 Å². The Hall–Kier alpha value is -0.850. The maximum atomic E-state index is 12.2. The number of carbonyl (C=O) groups is 1. The summed E-state index contributed by atoms with van der Waals surface area (Å²) >= 11 is 8.28. The lowest BCUT2D eigenvalue weighted by Crippen LogP contribution is -2.14. The van der Waals surface area contributed by atoms with E-state index in [1.165, 1.54) is 16.9 Å². The molecule has 2 aromatic rings. The number of nitrogens with one attached hydrogen (secondary N) is 2. The first kappa shape index (κ1) is 14.1. The molecule has 0 fully saturated rings. The van der Waals surface area contributed by atoms with Gasteiger partial charge in [-0.2, -0.15) is 0 Å². The van der Waals surface area contributed by atoms with E-state index in [0.717, 1.165) is 38.3 Å². The molecule has 20 heavy (non-hydrogen) atoms. The zero-order valence-corrected chi connectivity index (χ0v) is 14.5. The van der Waals surface area contributed by atoms with Crippen molar-refractivity contribution in [3.63, 3.8) is 0 Å². The largest absolute Gasteiger partial charge is 0.385 e. The molecule has 0 spiro atoms. The van der Waals surface area contributed by atoms with Crippen LogP contribution in [0.25, 0.3) is 0 Å². The van der Waals surface area contributed by atoms with E-state index in [9.17, 15) is 4.79 Å². The van der Waals surface area contributed by atoms with Crippen LogP contribution in [0.2, 0.25) is 0 Å². The minimum absolute atomic E-state index is 0.102. The Morgan fingerprint density at radius 2 is 2.15 bits per heavy atom. The summed E-state index contributed by atoms with van der Waals surface area (Å²) in [5, 5.41) is 6.30. The fourth-order valence-corrected chi connectivity index (χ4v) is 5.03. The number of hydrogen-bond acceptors (Lipinski definition) is 3. The summed E-state index contributed by atoms with van der Waals surface area (Å²) in [6, 6.07) is 7.86. The first-order valence-corrected chi connectivity index (χ1v) is 8.67. The molecule has 1 aliphatic rings. The number of aryl methyl sites for hydroxylation is 1. The number of rotatable bonds is 2. The van der Waals surface area contributed by atoms with Crippen LogP contribution in [0.1, 0.15) is 22.3 Å². The molecule has 3 nitrogen and oxygen atoms in total. The second-order valence-electron chi connectivity index (χ2n) is 4.59. The number of halogens is 2. The normalized spacial score (nSPS) is 13.5. The molecule has 0 radical (unpaired) electrons. The van der Waals surface area contributed by atoms with E-state index in [1.807, 2.05) is 18.2 Å². The molecule has 104 valence electrons. The van der Waals surface area contributed by atoms with E-state index in [2.05, 4.69) is 48.6 Å². The van der Waals surface area contributed by atoms with Crippen molar-refractivity contribution in [3.05, 3.63) is 43.0 Å². The Bertz CT molecular complexity index is 669. The third kappa shape index (κ3) is 2.92. The van der Waals surface area contributed by atoms with Crippen molar-refractivity contribution in [1.82, 2.24) is 0 Å².